The highest BCUT2D eigenvalue weighted by molar-refractivity contribution is 6.34. The van der Waals surface area contributed by atoms with Crippen molar-refractivity contribution in [2.75, 3.05) is 7.05 Å². The zero-order valence-corrected chi connectivity index (χ0v) is 14.3. The second-order valence-electron chi connectivity index (χ2n) is 5.44. The zero-order valence-electron chi connectivity index (χ0n) is 12.8. The highest BCUT2D eigenvalue weighted by Crippen LogP contribution is 2.28. The van der Waals surface area contributed by atoms with Crippen LogP contribution in [0.15, 0.2) is 24.4 Å². The number of nitrogens with one attached hydrogen (secondary N) is 1. The van der Waals surface area contributed by atoms with Gasteiger partial charge in [0.05, 0.1) is 21.8 Å². The van der Waals surface area contributed by atoms with Crippen molar-refractivity contribution in [3.63, 3.8) is 0 Å². The third-order valence-corrected chi connectivity index (χ3v) is 4.27. The Hall–Kier alpha value is -1.09. The first kappa shape index (κ1) is 16.3. The third-order valence-electron chi connectivity index (χ3n) is 3.76. The molecule has 2 aromatic rings. The van der Waals surface area contributed by atoms with Crippen LogP contribution in [0.1, 0.15) is 34.0 Å². The fourth-order valence-corrected chi connectivity index (χ4v) is 3.26. The van der Waals surface area contributed by atoms with Crippen molar-refractivity contribution >= 4 is 23.2 Å². The summed E-state index contributed by atoms with van der Waals surface area (Å²) in [5.41, 5.74) is 6.07. The Morgan fingerprint density at radius 1 is 1.10 bits per heavy atom. The molecule has 0 saturated carbocycles. The molecule has 0 aliphatic carbocycles. The minimum Gasteiger partial charge on any atom is -0.311 e. The van der Waals surface area contributed by atoms with E-state index in [1.165, 1.54) is 22.3 Å². The smallest absolute Gasteiger partial charge is 0.0763 e. The quantitative estimate of drug-likeness (QED) is 0.873. The second kappa shape index (κ2) is 6.78. The van der Waals surface area contributed by atoms with Crippen LogP contribution in [0.2, 0.25) is 10.0 Å². The molecule has 1 atom stereocenters. The SMILES string of the molecule is CNC(Cc1c(C)cc(C)cc1C)c1ncc(Cl)cc1Cl. The van der Waals surface area contributed by atoms with Gasteiger partial charge in [0.15, 0.2) is 0 Å². The molecule has 0 spiro atoms. The zero-order chi connectivity index (χ0) is 15.6. The molecule has 1 heterocycles. The first-order valence-electron chi connectivity index (χ1n) is 6.97. The van der Waals surface area contributed by atoms with Gasteiger partial charge >= 0.3 is 0 Å². The van der Waals surface area contributed by atoms with Crippen LogP contribution in [0, 0.1) is 20.8 Å². The highest BCUT2D eigenvalue weighted by atomic mass is 35.5. The molecule has 0 radical (unpaired) electrons. The van der Waals surface area contributed by atoms with Gasteiger partial charge < -0.3 is 5.32 Å². The number of aromatic nitrogens is 1. The van der Waals surface area contributed by atoms with Gasteiger partial charge in [-0.3, -0.25) is 4.98 Å². The number of aryl methyl sites for hydroxylation is 3. The molecule has 0 aliphatic rings. The molecule has 1 unspecified atom stereocenters. The van der Waals surface area contributed by atoms with E-state index in [4.69, 9.17) is 23.2 Å². The highest BCUT2D eigenvalue weighted by Gasteiger charge is 2.17. The normalized spacial score (nSPS) is 12.5. The van der Waals surface area contributed by atoms with E-state index in [2.05, 4.69) is 43.2 Å². The summed E-state index contributed by atoms with van der Waals surface area (Å²) in [7, 11) is 1.93. The number of rotatable bonds is 4. The van der Waals surface area contributed by atoms with Gasteiger partial charge in [-0.05, 0) is 57.0 Å². The van der Waals surface area contributed by atoms with Crippen LogP contribution in [0.4, 0.5) is 0 Å². The first-order valence-corrected chi connectivity index (χ1v) is 7.73. The lowest BCUT2D eigenvalue weighted by Crippen LogP contribution is -2.21. The molecule has 1 N–H and O–H groups in total. The van der Waals surface area contributed by atoms with Gasteiger partial charge in [-0.1, -0.05) is 40.9 Å². The van der Waals surface area contributed by atoms with Gasteiger partial charge in [-0.15, -0.1) is 0 Å². The molecule has 21 heavy (non-hydrogen) atoms. The van der Waals surface area contributed by atoms with Crippen molar-refractivity contribution in [2.45, 2.75) is 33.2 Å². The average molecular weight is 323 g/mol. The molecular weight excluding hydrogens is 303 g/mol. The molecular formula is C17H20Cl2N2. The number of hydrogen-bond acceptors (Lipinski definition) is 2. The minimum absolute atomic E-state index is 0.0647. The number of pyridine rings is 1. The Labute approximate surface area is 136 Å². The van der Waals surface area contributed by atoms with Crippen molar-refractivity contribution in [2.24, 2.45) is 0 Å². The lowest BCUT2D eigenvalue weighted by molar-refractivity contribution is 0.573. The number of halogens is 2. The van der Waals surface area contributed by atoms with E-state index < -0.39 is 0 Å². The molecule has 1 aromatic heterocycles. The van der Waals surface area contributed by atoms with E-state index in [-0.39, 0.29) is 6.04 Å². The Morgan fingerprint density at radius 2 is 1.71 bits per heavy atom. The van der Waals surface area contributed by atoms with E-state index >= 15 is 0 Å². The van der Waals surface area contributed by atoms with Crippen molar-refractivity contribution < 1.29 is 0 Å². The van der Waals surface area contributed by atoms with E-state index in [9.17, 15) is 0 Å². The van der Waals surface area contributed by atoms with Crippen LogP contribution < -0.4 is 5.32 Å². The number of likely N-dealkylation sites (N-methyl/N-ethyl adjacent to an activating group) is 1. The van der Waals surface area contributed by atoms with Crippen LogP contribution in [0.3, 0.4) is 0 Å². The standard InChI is InChI=1S/C17H20Cl2N2/c1-10-5-11(2)14(12(3)6-10)8-16(20-4)17-15(19)7-13(18)9-21-17/h5-7,9,16,20H,8H2,1-4H3. The van der Waals surface area contributed by atoms with Gasteiger partial charge in [0.1, 0.15) is 0 Å². The predicted molar refractivity (Wildman–Crippen MR) is 90.4 cm³/mol. The fourth-order valence-electron chi connectivity index (χ4n) is 2.75. The molecule has 0 aliphatic heterocycles. The lowest BCUT2D eigenvalue weighted by Gasteiger charge is -2.20. The van der Waals surface area contributed by atoms with Gasteiger partial charge in [0.2, 0.25) is 0 Å². The average Bonchev–Trinajstić information content (AvgIpc) is 2.39. The number of benzene rings is 1. The fraction of sp³-hybridized carbons (Fsp3) is 0.353. The van der Waals surface area contributed by atoms with Crippen LogP contribution in [0.25, 0.3) is 0 Å². The van der Waals surface area contributed by atoms with E-state index in [1.807, 2.05) is 7.05 Å². The summed E-state index contributed by atoms with van der Waals surface area (Å²) < 4.78 is 0. The Morgan fingerprint density at radius 3 is 2.24 bits per heavy atom. The summed E-state index contributed by atoms with van der Waals surface area (Å²) in [5.74, 6) is 0. The summed E-state index contributed by atoms with van der Waals surface area (Å²) in [6.45, 7) is 6.43. The second-order valence-corrected chi connectivity index (χ2v) is 6.29. The molecule has 1 aromatic carbocycles. The van der Waals surface area contributed by atoms with E-state index in [0.717, 1.165) is 12.1 Å². The Balaban J connectivity index is 2.36. The molecule has 112 valence electrons. The molecule has 0 bridgehead atoms. The topological polar surface area (TPSA) is 24.9 Å². The van der Waals surface area contributed by atoms with Gasteiger partial charge in [0.25, 0.3) is 0 Å². The molecule has 0 fully saturated rings. The third kappa shape index (κ3) is 3.76. The van der Waals surface area contributed by atoms with Crippen molar-refractivity contribution in [1.29, 1.82) is 0 Å². The lowest BCUT2D eigenvalue weighted by atomic mass is 9.93. The van der Waals surface area contributed by atoms with Crippen molar-refractivity contribution in [3.8, 4) is 0 Å². The van der Waals surface area contributed by atoms with Crippen LogP contribution in [-0.2, 0) is 6.42 Å². The molecule has 0 saturated heterocycles. The molecule has 4 heteroatoms. The summed E-state index contributed by atoms with van der Waals surface area (Å²) in [6.07, 6.45) is 2.49. The van der Waals surface area contributed by atoms with Gasteiger partial charge in [0, 0.05) is 6.20 Å². The number of hydrogen-bond donors (Lipinski definition) is 1. The van der Waals surface area contributed by atoms with E-state index in [0.29, 0.717) is 10.0 Å². The largest absolute Gasteiger partial charge is 0.311 e. The summed E-state index contributed by atoms with van der Waals surface area (Å²) in [5, 5.41) is 4.46. The summed E-state index contributed by atoms with van der Waals surface area (Å²) in [6, 6.07) is 6.23. The van der Waals surface area contributed by atoms with Crippen LogP contribution in [0.5, 0.6) is 0 Å². The van der Waals surface area contributed by atoms with Crippen LogP contribution >= 0.6 is 23.2 Å². The maximum absolute atomic E-state index is 6.29. The van der Waals surface area contributed by atoms with Crippen molar-refractivity contribution in [3.05, 3.63) is 62.4 Å². The first-order chi connectivity index (χ1) is 9.92. The van der Waals surface area contributed by atoms with Crippen molar-refractivity contribution in [1.82, 2.24) is 10.3 Å². The van der Waals surface area contributed by atoms with Gasteiger partial charge in [-0.2, -0.15) is 0 Å². The molecule has 2 rings (SSSR count). The Kier molecular flexibility index (Phi) is 5.26. The predicted octanol–water partition coefficient (Wildman–Crippen LogP) is 4.82. The van der Waals surface area contributed by atoms with Crippen LogP contribution in [-0.4, -0.2) is 12.0 Å². The van der Waals surface area contributed by atoms with E-state index in [1.54, 1.807) is 12.3 Å². The summed E-state index contributed by atoms with van der Waals surface area (Å²) in [4.78, 5) is 4.40. The summed E-state index contributed by atoms with van der Waals surface area (Å²) >= 11 is 12.2. The number of nitrogens with zero attached hydrogens (tertiary/aromatic N) is 1. The molecule has 2 nitrogen and oxygen atoms in total. The minimum atomic E-state index is 0.0647. The van der Waals surface area contributed by atoms with Gasteiger partial charge in [-0.25, -0.2) is 0 Å². The maximum Gasteiger partial charge on any atom is 0.0763 e. The maximum atomic E-state index is 6.29. The molecule has 0 amide bonds. The monoisotopic (exact) mass is 322 g/mol. The Bertz CT molecular complexity index is 630.